The molecule has 1 heterocycles. The molecular formula is C30H40N2O8S. The number of nitrogens with one attached hydrogen (secondary N) is 2. The summed E-state index contributed by atoms with van der Waals surface area (Å²) < 4.78 is 33.4. The average Bonchev–Trinajstić information content (AvgIpc) is 3.07. The number of carbonyl (C=O) groups is 1. The largest absolute Gasteiger partial charge is 0.496 e. The van der Waals surface area contributed by atoms with Crippen molar-refractivity contribution in [1.82, 2.24) is 10.6 Å². The van der Waals surface area contributed by atoms with Gasteiger partial charge in [0.1, 0.15) is 5.75 Å². The first-order valence-electron chi connectivity index (χ1n) is 13.6. The second kappa shape index (κ2) is 17.3. The van der Waals surface area contributed by atoms with Gasteiger partial charge in [0.25, 0.3) is 5.91 Å². The van der Waals surface area contributed by atoms with Crippen LogP contribution in [0.5, 0.6) is 5.75 Å². The topological polar surface area (TPSA) is 153 Å². The van der Waals surface area contributed by atoms with Crippen molar-refractivity contribution in [1.29, 1.82) is 0 Å². The van der Waals surface area contributed by atoms with Gasteiger partial charge in [-0.15, -0.1) is 0 Å². The Hall–Kier alpha value is -3.62. The molecule has 41 heavy (non-hydrogen) atoms. The molecule has 10 nitrogen and oxygen atoms in total. The normalized spacial score (nSPS) is 18.5. The molecule has 224 valence electrons. The molecule has 0 bridgehead atoms. The van der Waals surface area contributed by atoms with Gasteiger partial charge < -0.3 is 10.1 Å². The number of hydrogen-bond donors (Lipinski definition) is 2. The number of methoxy groups -OCH3 is 1. The number of carbonyl (C=O) groups excluding carboxylic acids is 5. The lowest BCUT2D eigenvalue weighted by Crippen LogP contribution is -2.50. The molecule has 0 unspecified atom stereocenters. The first-order chi connectivity index (χ1) is 19.6. The molecule has 0 radical (unpaired) electrons. The maximum Gasteiger partial charge on any atom is 0.373 e. The fourth-order valence-electron chi connectivity index (χ4n) is 4.99. The predicted octanol–water partition coefficient (Wildman–Crippen LogP) is 4.25. The van der Waals surface area contributed by atoms with Crippen molar-refractivity contribution in [3.63, 3.8) is 0 Å². The average molecular weight is 589 g/mol. The molecule has 1 aliphatic rings. The fraction of sp³-hybridized carbons (Fsp3) is 0.500. The van der Waals surface area contributed by atoms with Gasteiger partial charge in [-0.25, -0.2) is 8.42 Å². The number of rotatable bonds is 10. The number of sulfone groups is 1. The number of amides is 1. The summed E-state index contributed by atoms with van der Waals surface area (Å²) in [5, 5.41) is 6.78. The molecule has 3 rings (SSSR count). The number of unbranched alkanes of at least 4 members (excludes halogenated alkanes) is 1. The lowest BCUT2D eigenvalue weighted by molar-refractivity contribution is -0.193. The van der Waals surface area contributed by atoms with Crippen molar-refractivity contribution in [3.05, 3.63) is 59.2 Å². The van der Waals surface area contributed by atoms with E-state index in [4.69, 9.17) is 23.9 Å². The number of benzene rings is 2. The molecule has 0 fully saturated rings. The molecule has 11 heteroatoms. The van der Waals surface area contributed by atoms with Crippen LogP contribution in [0, 0.1) is 0 Å². The van der Waals surface area contributed by atoms with E-state index in [0.717, 1.165) is 37.7 Å². The Labute approximate surface area is 242 Å². The van der Waals surface area contributed by atoms with Gasteiger partial charge in [-0.2, -0.15) is 19.2 Å². The lowest BCUT2D eigenvalue weighted by atomic mass is 9.88. The van der Waals surface area contributed by atoms with E-state index < -0.39 is 15.4 Å². The van der Waals surface area contributed by atoms with Gasteiger partial charge in [-0.3, -0.25) is 10.1 Å². The number of hydrogen-bond acceptors (Lipinski definition) is 9. The van der Waals surface area contributed by atoms with Crippen molar-refractivity contribution < 1.29 is 37.1 Å². The fourth-order valence-corrected chi connectivity index (χ4v) is 7.14. The molecule has 2 N–H and O–H groups in total. The molecule has 0 saturated heterocycles. The maximum atomic E-state index is 13.9. The quantitative estimate of drug-likeness (QED) is 0.415. The summed E-state index contributed by atoms with van der Waals surface area (Å²) in [7, 11) is -2.17. The monoisotopic (exact) mass is 588 g/mol. The van der Waals surface area contributed by atoms with Gasteiger partial charge in [0.2, 0.25) is 0 Å². The minimum absolute atomic E-state index is 0.00718. The van der Waals surface area contributed by atoms with E-state index in [0.29, 0.717) is 17.7 Å². The highest BCUT2D eigenvalue weighted by Crippen LogP contribution is 2.40. The van der Waals surface area contributed by atoms with Crippen LogP contribution in [0.2, 0.25) is 0 Å². The highest BCUT2D eigenvalue weighted by atomic mass is 32.2. The third-order valence-electron chi connectivity index (χ3n) is 7.28. The minimum atomic E-state index is -3.69. The third-order valence-corrected chi connectivity index (χ3v) is 9.24. The zero-order valence-electron chi connectivity index (χ0n) is 24.3. The Bertz CT molecular complexity index is 1290. The lowest BCUT2D eigenvalue weighted by Gasteiger charge is -2.36. The van der Waals surface area contributed by atoms with E-state index in [-0.39, 0.29) is 46.5 Å². The molecule has 2 aromatic carbocycles. The first-order valence-corrected chi connectivity index (χ1v) is 15.3. The molecule has 2 aromatic rings. The third kappa shape index (κ3) is 9.47. The van der Waals surface area contributed by atoms with Crippen molar-refractivity contribution in [2.24, 2.45) is 0 Å². The van der Waals surface area contributed by atoms with Crippen molar-refractivity contribution in [2.75, 3.05) is 12.9 Å². The smallest absolute Gasteiger partial charge is 0.373 e. The molecule has 1 amide bonds. The van der Waals surface area contributed by atoms with Gasteiger partial charge in [0.15, 0.2) is 9.84 Å². The number of fused-ring (bicyclic) bond motifs is 1. The summed E-state index contributed by atoms with van der Waals surface area (Å²) in [6.07, 6.45) is 5.45. The van der Waals surface area contributed by atoms with Crippen molar-refractivity contribution in [3.8, 4) is 5.75 Å². The second-order valence-electron chi connectivity index (χ2n) is 9.73. The maximum absolute atomic E-state index is 13.9. The highest BCUT2D eigenvalue weighted by Gasteiger charge is 2.42. The first kappa shape index (κ1) is 35.4. The molecule has 0 spiro atoms. The number of ether oxygens (including phenoxy) is 1. The van der Waals surface area contributed by atoms with E-state index in [9.17, 15) is 13.2 Å². The van der Waals surface area contributed by atoms with E-state index in [2.05, 4.69) is 17.6 Å². The van der Waals surface area contributed by atoms with Gasteiger partial charge in [-0.1, -0.05) is 70.9 Å². The van der Waals surface area contributed by atoms with Gasteiger partial charge in [0, 0.05) is 11.6 Å². The van der Waals surface area contributed by atoms with E-state index in [1.807, 2.05) is 51.1 Å². The van der Waals surface area contributed by atoms with Crippen LogP contribution >= 0.6 is 0 Å². The van der Waals surface area contributed by atoms with Gasteiger partial charge in [-0.05, 0) is 48.9 Å². The molecule has 0 saturated carbocycles. The Morgan fingerprint density at radius 2 is 1.63 bits per heavy atom. The Morgan fingerprint density at radius 1 is 1.05 bits per heavy atom. The summed E-state index contributed by atoms with van der Waals surface area (Å²) in [4.78, 5) is 45.9. The van der Waals surface area contributed by atoms with Crippen LogP contribution in [0.1, 0.15) is 93.7 Å². The Kier molecular flexibility index (Phi) is 14.9. The van der Waals surface area contributed by atoms with Gasteiger partial charge >= 0.3 is 12.3 Å². The molecule has 0 aliphatic carbocycles. The van der Waals surface area contributed by atoms with E-state index in [1.165, 1.54) is 13.2 Å². The summed E-state index contributed by atoms with van der Waals surface area (Å²) in [5.74, 6) is 0.0599. The predicted molar refractivity (Wildman–Crippen MR) is 151 cm³/mol. The summed E-state index contributed by atoms with van der Waals surface area (Å²) >= 11 is 0. The Morgan fingerprint density at radius 3 is 2.12 bits per heavy atom. The highest BCUT2D eigenvalue weighted by molar-refractivity contribution is 7.91. The van der Waals surface area contributed by atoms with Crippen LogP contribution in [-0.2, 0) is 29.0 Å². The van der Waals surface area contributed by atoms with Crippen LogP contribution in [0.4, 0.5) is 0 Å². The summed E-state index contributed by atoms with van der Waals surface area (Å²) in [5.41, 5.74) is 1.29. The van der Waals surface area contributed by atoms with Crippen LogP contribution in [-0.4, -0.2) is 51.1 Å². The van der Waals surface area contributed by atoms with Crippen molar-refractivity contribution >= 4 is 28.0 Å². The zero-order valence-corrected chi connectivity index (χ0v) is 25.1. The minimum Gasteiger partial charge on any atom is -0.496 e. The van der Waals surface area contributed by atoms with Crippen LogP contribution in [0.15, 0.2) is 47.4 Å². The second-order valence-corrected chi connectivity index (χ2v) is 11.7. The molecule has 0 aromatic heterocycles. The standard InChI is InChI=1S/C28H40N2O4S.2CO2/c1-6-10-16-28(9-4)19-35(32,33)25-18-22(27(31)29-21(7-2)8-3)24(34-5)17-23(25)26(30-28)20-14-12-11-13-15-20;2*2-1-3/h11-15,17-18,21,26,30H,6-10,16,19H2,1-5H3,(H,29,31);;/t26-,28-;;/m1../s1. The van der Waals surface area contributed by atoms with E-state index in [1.54, 1.807) is 6.07 Å². The Balaban J connectivity index is 0.00000129. The summed E-state index contributed by atoms with van der Waals surface area (Å²) in [6, 6.07) is 12.9. The van der Waals surface area contributed by atoms with Crippen LogP contribution in [0.3, 0.4) is 0 Å². The zero-order chi connectivity index (χ0) is 31.1. The van der Waals surface area contributed by atoms with Crippen LogP contribution in [0.25, 0.3) is 0 Å². The van der Waals surface area contributed by atoms with Crippen LogP contribution < -0.4 is 15.4 Å². The molecule has 1 aliphatic heterocycles. The SMILES string of the molecule is CCCC[C@]1(CC)CS(=O)(=O)c2cc(C(=O)NC(CC)CC)c(OC)cc2[C@@H](c2ccccc2)N1.O=C=O.O=C=O. The van der Waals surface area contributed by atoms with Gasteiger partial charge in [0.05, 0.1) is 29.4 Å². The molecule has 2 atom stereocenters. The van der Waals surface area contributed by atoms with E-state index >= 15 is 0 Å². The summed E-state index contributed by atoms with van der Waals surface area (Å²) in [6.45, 7) is 8.20. The molecular weight excluding hydrogens is 548 g/mol. The van der Waals surface area contributed by atoms with Crippen molar-refractivity contribution in [2.45, 2.75) is 88.7 Å².